The minimum absolute atomic E-state index is 0.00352. The summed E-state index contributed by atoms with van der Waals surface area (Å²) < 4.78 is 0. The highest BCUT2D eigenvalue weighted by Gasteiger charge is 2.28. The number of amidine groups is 1. The highest BCUT2D eigenvalue weighted by atomic mass is 32.2. The molecular formula is C12H12N4O3S. The van der Waals surface area contributed by atoms with Crippen LogP contribution in [0.2, 0.25) is 0 Å². The van der Waals surface area contributed by atoms with Crippen LogP contribution < -0.4 is 5.32 Å². The molecule has 0 saturated carbocycles. The van der Waals surface area contributed by atoms with Crippen LogP contribution in [0, 0.1) is 10.1 Å². The summed E-state index contributed by atoms with van der Waals surface area (Å²) in [6.45, 7) is 1.92. The van der Waals surface area contributed by atoms with Crippen molar-refractivity contribution < 1.29 is 9.72 Å². The van der Waals surface area contributed by atoms with Gasteiger partial charge < -0.3 is 5.32 Å². The van der Waals surface area contributed by atoms with Crippen LogP contribution in [0.4, 0.5) is 5.69 Å². The Morgan fingerprint density at radius 1 is 1.55 bits per heavy atom. The Balaban J connectivity index is 2.05. The van der Waals surface area contributed by atoms with Gasteiger partial charge in [0.1, 0.15) is 0 Å². The molecule has 2 rings (SSSR count). The van der Waals surface area contributed by atoms with Crippen LogP contribution in [0.15, 0.2) is 34.5 Å². The molecule has 0 radical (unpaired) electrons. The minimum atomic E-state index is -0.470. The molecule has 1 aliphatic heterocycles. The molecule has 1 fully saturated rings. The molecule has 1 unspecified atom stereocenters. The van der Waals surface area contributed by atoms with Crippen LogP contribution in [0.3, 0.4) is 0 Å². The van der Waals surface area contributed by atoms with Crippen LogP contribution in [0.25, 0.3) is 0 Å². The summed E-state index contributed by atoms with van der Waals surface area (Å²) in [5.74, 6) is -0.0678. The fourth-order valence-corrected chi connectivity index (χ4v) is 2.44. The van der Waals surface area contributed by atoms with E-state index in [0.29, 0.717) is 10.7 Å². The quantitative estimate of drug-likeness (QED) is 0.521. The summed E-state index contributed by atoms with van der Waals surface area (Å²) in [5.41, 5.74) is 0.570. The second kappa shape index (κ2) is 6.29. The van der Waals surface area contributed by atoms with E-state index >= 15 is 0 Å². The first kappa shape index (κ1) is 14.2. The highest BCUT2D eigenvalue weighted by molar-refractivity contribution is 8.15. The third kappa shape index (κ3) is 3.41. The fraction of sp³-hybridized carbons (Fsp3) is 0.250. The van der Waals surface area contributed by atoms with Gasteiger partial charge in [-0.05, 0) is 6.42 Å². The second-order valence-corrected chi connectivity index (χ2v) is 5.20. The van der Waals surface area contributed by atoms with Gasteiger partial charge in [0.05, 0.1) is 16.4 Å². The number of amides is 1. The van der Waals surface area contributed by atoms with Gasteiger partial charge in [0, 0.05) is 17.7 Å². The van der Waals surface area contributed by atoms with E-state index in [-0.39, 0.29) is 16.8 Å². The zero-order valence-corrected chi connectivity index (χ0v) is 11.5. The normalized spacial score (nSPS) is 20.6. The van der Waals surface area contributed by atoms with Gasteiger partial charge in [-0.1, -0.05) is 30.8 Å². The van der Waals surface area contributed by atoms with Crippen LogP contribution in [-0.4, -0.2) is 27.5 Å². The zero-order valence-electron chi connectivity index (χ0n) is 10.6. The molecule has 20 heavy (non-hydrogen) atoms. The van der Waals surface area contributed by atoms with Gasteiger partial charge in [-0.25, -0.2) is 0 Å². The van der Waals surface area contributed by atoms with E-state index in [9.17, 15) is 14.9 Å². The van der Waals surface area contributed by atoms with Crippen molar-refractivity contribution in [2.75, 3.05) is 0 Å². The van der Waals surface area contributed by atoms with Crippen LogP contribution in [0.1, 0.15) is 18.9 Å². The van der Waals surface area contributed by atoms with Crippen LogP contribution in [0.5, 0.6) is 0 Å². The molecule has 0 bridgehead atoms. The lowest BCUT2D eigenvalue weighted by molar-refractivity contribution is -0.384. The number of nitrogens with one attached hydrogen (secondary N) is 1. The molecule has 0 aliphatic carbocycles. The van der Waals surface area contributed by atoms with E-state index in [1.165, 1.54) is 30.1 Å². The summed E-state index contributed by atoms with van der Waals surface area (Å²) in [5, 5.41) is 21.3. The van der Waals surface area contributed by atoms with Gasteiger partial charge in [0.2, 0.25) is 5.91 Å². The first-order valence-electron chi connectivity index (χ1n) is 5.93. The van der Waals surface area contributed by atoms with Crippen LogP contribution in [-0.2, 0) is 4.79 Å². The maximum absolute atomic E-state index is 11.4. The van der Waals surface area contributed by atoms with E-state index in [2.05, 4.69) is 15.5 Å². The zero-order chi connectivity index (χ0) is 14.5. The van der Waals surface area contributed by atoms with Gasteiger partial charge in [-0.2, -0.15) is 5.10 Å². The Kier molecular flexibility index (Phi) is 4.46. The molecule has 1 atom stereocenters. The lowest BCUT2D eigenvalue weighted by Gasteiger charge is -1.95. The predicted molar refractivity (Wildman–Crippen MR) is 77.9 cm³/mol. The number of non-ortho nitro benzene ring substituents is 1. The first-order chi connectivity index (χ1) is 9.60. The van der Waals surface area contributed by atoms with Crippen molar-refractivity contribution >= 4 is 34.7 Å². The molecule has 8 heteroatoms. The van der Waals surface area contributed by atoms with Crippen molar-refractivity contribution in [3.63, 3.8) is 0 Å². The molecule has 1 aromatic rings. The van der Waals surface area contributed by atoms with E-state index in [1.807, 2.05) is 6.92 Å². The molecule has 7 nitrogen and oxygen atoms in total. The number of nitro groups is 1. The van der Waals surface area contributed by atoms with Crippen molar-refractivity contribution in [2.24, 2.45) is 10.2 Å². The van der Waals surface area contributed by atoms with Crippen molar-refractivity contribution in [1.82, 2.24) is 5.32 Å². The average molecular weight is 292 g/mol. The Morgan fingerprint density at radius 2 is 2.35 bits per heavy atom. The molecule has 1 N–H and O–H groups in total. The summed E-state index contributed by atoms with van der Waals surface area (Å²) in [4.78, 5) is 21.6. The predicted octanol–water partition coefficient (Wildman–Crippen LogP) is 1.93. The smallest absolute Gasteiger partial charge is 0.270 e. The maximum Gasteiger partial charge on any atom is 0.270 e. The number of nitrogens with zero attached hydrogens (tertiary/aromatic N) is 3. The van der Waals surface area contributed by atoms with Crippen molar-refractivity contribution in [2.45, 2.75) is 18.6 Å². The number of thioether (sulfide) groups is 1. The van der Waals surface area contributed by atoms with Gasteiger partial charge >= 0.3 is 0 Å². The van der Waals surface area contributed by atoms with Gasteiger partial charge in [0.15, 0.2) is 5.17 Å². The van der Waals surface area contributed by atoms with E-state index < -0.39 is 4.92 Å². The van der Waals surface area contributed by atoms with Crippen molar-refractivity contribution in [1.29, 1.82) is 0 Å². The first-order valence-corrected chi connectivity index (χ1v) is 6.81. The molecular weight excluding hydrogens is 280 g/mol. The van der Waals surface area contributed by atoms with Crippen LogP contribution >= 0.6 is 11.8 Å². The number of carbonyl (C=O) groups excluding carboxylic acids is 1. The minimum Gasteiger partial charge on any atom is -0.303 e. The topological polar surface area (TPSA) is 97.0 Å². The SMILES string of the molecule is CCC1S/C(=N/N=C/c2cccc([N+](=O)[O-])c2)NC1=O. The molecule has 1 saturated heterocycles. The van der Waals surface area contributed by atoms with Crippen molar-refractivity contribution in [3.8, 4) is 0 Å². The standard InChI is InChI=1S/C12H12N4O3S/c1-2-10-11(17)14-12(20-10)15-13-7-8-4-3-5-9(6-8)16(18)19/h3-7,10H,2H2,1H3,(H,14,15,17)/b13-7+. The number of benzene rings is 1. The van der Waals surface area contributed by atoms with Gasteiger partial charge in [-0.15, -0.1) is 5.10 Å². The largest absolute Gasteiger partial charge is 0.303 e. The Labute approximate surface area is 119 Å². The Morgan fingerprint density at radius 3 is 3.00 bits per heavy atom. The lowest BCUT2D eigenvalue weighted by Crippen LogP contribution is -2.24. The summed E-state index contributed by atoms with van der Waals surface area (Å²) in [7, 11) is 0. The number of nitro benzene ring substituents is 1. The average Bonchev–Trinajstić information content (AvgIpc) is 2.79. The molecule has 1 aromatic carbocycles. The number of hydrogen-bond acceptors (Lipinski definition) is 6. The van der Waals surface area contributed by atoms with E-state index in [0.717, 1.165) is 6.42 Å². The lowest BCUT2D eigenvalue weighted by atomic mass is 10.2. The molecule has 0 aromatic heterocycles. The third-order valence-electron chi connectivity index (χ3n) is 2.58. The number of hydrogen-bond donors (Lipinski definition) is 1. The van der Waals surface area contributed by atoms with Gasteiger partial charge in [0.25, 0.3) is 5.69 Å². The molecule has 1 amide bonds. The second-order valence-electron chi connectivity index (χ2n) is 4.01. The third-order valence-corrected chi connectivity index (χ3v) is 3.82. The van der Waals surface area contributed by atoms with E-state index in [4.69, 9.17) is 0 Å². The molecule has 1 aliphatic rings. The summed E-state index contributed by atoms with van der Waals surface area (Å²) in [6, 6.07) is 6.07. The number of rotatable bonds is 4. The highest BCUT2D eigenvalue weighted by Crippen LogP contribution is 2.21. The van der Waals surface area contributed by atoms with Gasteiger partial charge in [-0.3, -0.25) is 14.9 Å². The maximum atomic E-state index is 11.4. The summed E-state index contributed by atoms with van der Waals surface area (Å²) in [6.07, 6.45) is 2.14. The van der Waals surface area contributed by atoms with Crippen molar-refractivity contribution in [3.05, 3.63) is 39.9 Å². The monoisotopic (exact) mass is 292 g/mol. The molecule has 1 heterocycles. The molecule has 104 valence electrons. The Hall–Kier alpha value is -2.22. The number of carbonyl (C=O) groups is 1. The fourth-order valence-electron chi connectivity index (χ4n) is 1.59. The summed E-state index contributed by atoms with van der Waals surface area (Å²) >= 11 is 1.33. The van der Waals surface area contributed by atoms with E-state index in [1.54, 1.807) is 12.1 Å². The Bertz CT molecular complexity index is 600. The molecule has 0 spiro atoms.